The Hall–Kier alpha value is -2.79. The number of aromatic nitrogens is 3. The van der Waals surface area contributed by atoms with Crippen LogP contribution in [0.3, 0.4) is 0 Å². The number of likely N-dealkylation sites (N-methyl/N-ethyl adjacent to an activating group) is 1. The number of benzene rings is 1. The van der Waals surface area contributed by atoms with E-state index in [4.69, 9.17) is 9.52 Å². The van der Waals surface area contributed by atoms with Crippen molar-refractivity contribution in [2.45, 2.75) is 83.3 Å². The van der Waals surface area contributed by atoms with Crippen molar-refractivity contribution in [1.29, 1.82) is 0 Å². The van der Waals surface area contributed by atoms with Crippen LogP contribution < -0.4 is 4.90 Å². The van der Waals surface area contributed by atoms with E-state index < -0.39 is 14.4 Å². The lowest BCUT2D eigenvalue weighted by molar-refractivity contribution is 0.116. The molecule has 3 heterocycles. The molecule has 3 aromatic rings. The summed E-state index contributed by atoms with van der Waals surface area (Å²) in [6.45, 7) is 16.9. The van der Waals surface area contributed by atoms with Gasteiger partial charge < -0.3 is 14.4 Å². The van der Waals surface area contributed by atoms with Crippen molar-refractivity contribution in [3.63, 3.8) is 0 Å². The minimum absolute atomic E-state index is 0.191. The molecule has 5 rings (SSSR count). The van der Waals surface area contributed by atoms with E-state index >= 15 is 0 Å². The van der Waals surface area contributed by atoms with Gasteiger partial charge in [0, 0.05) is 69.1 Å². The number of pyridine rings is 1. The summed E-state index contributed by atoms with van der Waals surface area (Å²) in [5.74, 6) is 0.403. The third-order valence-electron chi connectivity index (χ3n) is 9.69. The van der Waals surface area contributed by atoms with Crippen LogP contribution in [0.15, 0.2) is 36.5 Å². The fraction of sp³-hybridized carbons (Fsp3) is 0.594. The fourth-order valence-corrected chi connectivity index (χ4v) is 7.25. The molecule has 1 saturated carbocycles. The lowest BCUT2D eigenvalue weighted by atomic mass is 9.93. The van der Waals surface area contributed by atoms with Crippen molar-refractivity contribution in [2.75, 3.05) is 45.2 Å². The average molecular weight is 593 g/mol. The van der Waals surface area contributed by atoms with E-state index in [1.165, 1.54) is 12.6 Å². The van der Waals surface area contributed by atoms with Gasteiger partial charge in [0.15, 0.2) is 8.32 Å². The summed E-state index contributed by atoms with van der Waals surface area (Å²) >= 11 is 0. The maximum atomic E-state index is 11.7. The van der Waals surface area contributed by atoms with Gasteiger partial charge in [0.25, 0.3) is 0 Å². The first-order chi connectivity index (χ1) is 19.8. The molecule has 1 aliphatic heterocycles. The van der Waals surface area contributed by atoms with Crippen molar-refractivity contribution in [3.05, 3.63) is 42.1 Å². The van der Waals surface area contributed by atoms with Gasteiger partial charge in [-0.05, 0) is 56.4 Å². The van der Waals surface area contributed by atoms with E-state index in [9.17, 15) is 9.90 Å². The highest BCUT2D eigenvalue weighted by atomic mass is 28.4. The first-order valence-electron chi connectivity index (χ1n) is 15.4. The SMILES string of the molecule is CN1CCN(Cc2ccc(-c3nn(C4CCC(O[Si](C)(C)C(C)(C)C)CC4)c4cc(N(C)C(=O)O)ncc34)cc2)CC1. The largest absolute Gasteiger partial charge is 0.465 e. The lowest BCUT2D eigenvalue weighted by Crippen LogP contribution is -2.44. The Balaban J connectivity index is 1.40. The molecular formula is C32H48N6O3Si. The van der Waals surface area contributed by atoms with Gasteiger partial charge in [-0.2, -0.15) is 5.10 Å². The zero-order valence-corrected chi connectivity index (χ0v) is 27.4. The number of anilines is 1. The van der Waals surface area contributed by atoms with E-state index in [-0.39, 0.29) is 17.2 Å². The van der Waals surface area contributed by atoms with Gasteiger partial charge >= 0.3 is 6.09 Å². The highest BCUT2D eigenvalue weighted by Crippen LogP contribution is 2.41. The minimum atomic E-state index is -1.83. The standard InChI is InChI=1S/C32H48N6O3Si/c1-32(2,3)42(6,7)41-26-14-12-25(13-15-26)38-28-20-29(36(5)31(39)40)33-21-27(28)30(34-38)24-10-8-23(9-11-24)22-37-18-16-35(4)17-19-37/h8-11,20-21,25-26H,12-19,22H2,1-7H3,(H,39,40). The van der Waals surface area contributed by atoms with Crippen LogP contribution in [0.5, 0.6) is 0 Å². The zero-order valence-electron chi connectivity index (χ0n) is 26.4. The molecule has 2 aromatic heterocycles. The van der Waals surface area contributed by atoms with Gasteiger partial charge in [0.05, 0.1) is 11.6 Å². The Kier molecular flexibility index (Phi) is 8.81. The molecule has 1 amide bonds. The van der Waals surface area contributed by atoms with Crippen LogP contribution in [0.25, 0.3) is 22.2 Å². The molecule has 0 atom stereocenters. The van der Waals surface area contributed by atoms with Gasteiger partial charge in [-0.1, -0.05) is 45.0 Å². The van der Waals surface area contributed by atoms with Crippen LogP contribution >= 0.6 is 0 Å². The molecule has 2 aliphatic rings. The van der Waals surface area contributed by atoms with Crippen molar-refractivity contribution in [2.24, 2.45) is 0 Å². The summed E-state index contributed by atoms with van der Waals surface area (Å²) in [4.78, 5) is 22.3. The van der Waals surface area contributed by atoms with Crippen molar-refractivity contribution in [1.82, 2.24) is 24.6 Å². The minimum Gasteiger partial charge on any atom is -0.465 e. The maximum absolute atomic E-state index is 11.7. The van der Waals surface area contributed by atoms with Gasteiger partial charge in [0.1, 0.15) is 11.5 Å². The van der Waals surface area contributed by atoms with E-state index in [1.807, 2.05) is 6.07 Å². The first kappa shape index (κ1) is 30.7. The smallest absolute Gasteiger partial charge is 0.412 e. The zero-order chi connectivity index (χ0) is 30.2. The number of nitrogens with zero attached hydrogens (tertiary/aromatic N) is 6. The highest BCUT2D eigenvalue weighted by Gasteiger charge is 2.40. The number of rotatable bonds is 7. The number of carboxylic acid groups (broad SMARTS) is 1. The summed E-state index contributed by atoms with van der Waals surface area (Å²) in [6.07, 6.45) is 4.99. The average Bonchev–Trinajstić information content (AvgIpc) is 3.33. The predicted molar refractivity (Wildman–Crippen MR) is 172 cm³/mol. The van der Waals surface area contributed by atoms with Gasteiger partial charge in [-0.3, -0.25) is 14.5 Å². The summed E-state index contributed by atoms with van der Waals surface area (Å²) in [6, 6.07) is 10.9. The van der Waals surface area contributed by atoms with Crippen LogP contribution in [-0.2, 0) is 11.0 Å². The van der Waals surface area contributed by atoms with Crippen LogP contribution in [0.4, 0.5) is 10.6 Å². The number of piperazine rings is 1. The molecule has 0 radical (unpaired) electrons. The Morgan fingerprint density at radius 2 is 1.71 bits per heavy atom. The predicted octanol–water partition coefficient (Wildman–Crippen LogP) is 6.47. The number of hydrogen-bond donors (Lipinski definition) is 1. The first-order valence-corrected chi connectivity index (χ1v) is 18.3. The molecule has 1 saturated heterocycles. The van der Waals surface area contributed by atoms with Crippen LogP contribution in [0.1, 0.15) is 58.1 Å². The Labute approximate surface area is 251 Å². The molecule has 9 nitrogen and oxygen atoms in total. The van der Waals surface area contributed by atoms with E-state index in [2.05, 4.69) is 84.6 Å². The molecule has 228 valence electrons. The monoisotopic (exact) mass is 592 g/mol. The number of fused-ring (bicyclic) bond motifs is 1. The van der Waals surface area contributed by atoms with E-state index in [0.717, 1.165) is 85.5 Å². The van der Waals surface area contributed by atoms with Crippen molar-refractivity contribution in [3.8, 4) is 11.3 Å². The molecule has 0 spiro atoms. The second kappa shape index (κ2) is 12.1. The maximum Gasteiger partial charge on any atom is 0.412 e. The quantitative estimate of drug-likeness (QED) is 0.315. The molecule has 2 fully saturated rings. The Bertz CT molecular complexity index is 1380. The van der Waals surface area contributed by atoms with E-state index in [0.29, 0.717) is 5.82 Å². The fourth-order valence-electron chi connectivity index (χ4n) is 5.83. The van der Waals surface area contributed by atoms with Gasteiger partial charge in [-0.25, -0.2) is 9.78 Å². The molecule has 10 heteroatoms. The molecule has 1 N–H and O–H groups in total. The van der Waals surface area contributed by atoms with Gasteiger partial charge in [0.2, 0.25) is 0 Å². The molecular weight excluding hydrogens is 544 g/mol. The third kappa shape index (κ3) is 6.56. The Morgan fingerprint density at radius 3 is 2.31 bits per heavy atom. The summed E-state index contributed by atoms with van der Waals surface area (Å²) in [7, 11) is 1.88. The highest BCUT2D eigenvalue weighted by molar-refractivity contribution is 6.74. The second-order valence-corrected chi connectivity index (χ2v) is 18.5. The molecule has 1 aromatic carbocycles. The molecule has 0 bridgehead atoms. The number of amides is 1. The van der Waals surface area contributed by atoms with Crippen LogP contribution in [-0.4, -0.2) is 90.5 Å². The summed E-state index contributed by atoms with van der Waals surface area (Å²) in [5, 5.41) is 15.9. The van der Waals surface area contributed by atoms with Crippen molar-refractivity contribution >= 4 is 31.1 Å². The van der Waals surface area contributed by atoms with Crippen LogP contribution in [0.2, 0.25) is 18.1 Å². The molecule has 0 unspecified atom stereocenters. The molecule has 42 heavy (non-hydrogen) atoms. The summed E-state index contributed by atoms with van der Waals surface area (Å²) < 4.78 is 8.89. The lowest BCUT2D eigenvalue weighted by Gasteiger charge is -2.41. The van der Waals surface area contributed by atoms with Gasteiger partial charge in [-0.15, -0.1) is 0 Å². The Morgan fingerprint density at radius 1 is 1.07 bits per heavy atom. The third-order valence-corrected chi connectivity index (χ3v) is 14.2. The topological polar surface area (TPSA) is 87.0 Å². The van der Waals surface area contributed by atoms with E-state index in [1.54, 1.807) is 6.20 Å². The normalized spacial score (nSPS) is 21.1. The number of hydrogen-bond acceptors (Lipinski definition) is 6. The molecule has 1 aliphatic carbocycles. The summed E-state index contributed by atoms with van der Waals surface area (Å²) in [5.41, 5.74) is 4.18. The van der Waals surface area contributed by atoms with Crippen molar-refractivity contribution < 1.29 is 14.3 Å². The number of carbonyl (C=O) groups is 1. The van der Waals surface area contributed by atoms with Crippen LogP contribution in [0, 0.1) is 0 Å². The second-order valence-electron chi connectivity index (χ2n) is 13.8.